The van der Waals surface area contributed by atoms with Crippen molar-refractivity contribution in [1.82, 2.24) is 4.98 Å². The number of amides is 1. The lowest BCUT2D eigenvalue weighted by Crippen LogP contribution is -2.24. The van der Waals surface area contributed by atoms with Gasteiger partial charge in [0.1, 0.15) is 5.82 Å². The van der Waals surface area contributed by atoms with Crippen molar-refractivity contribution in [2.75, 3.05) is 18.5 Å². The molecule has 1 aliphatic heterocycles. The predicted octanol–water partition coefficient (Wildman–Crippen LogP) is 4.01. The summed E-state index contributed by atoms with van der Waals surface area (Å²) in [6.45, 7) is 3.48. The van der Waals surface area contributed by atoms with Crippen LogP contribution < -0.4 is 5.32 Å². The maximum Gasteiger partial charge on any atom is 0.229 e. The Hall–Kier alpha value is -1.79. The van der Waals surface area contributed by atoms with Gasteiger partial charge in [-0.15, -0.1) is 11.3 Å². The molecule has 24 heavy (non-hydrogen) atoms. The largest absolute Gasteiger partial charge is 0.381 e. The summed E-state index contributed by atoms with van der Waals surface area (Å²) in [6, 6.07) is 6.26. The predicted molar refractivity (Wildman–Crippen MR) is 91.5 cm³/mol. The SMILES string of the molecule is Cc1sc(NC(=O)[C@H]2CC23CCOCC3)nc1-c1ccc(F)cc1. The Morgan fingerprint density at radius 2 is 2.04 bits per heavy atom. The first-order valence-corrected chi connectivity index (χ1v) is 9.01. The number of anilines is 1. The normalized spacial score (nSPS) is 21.7. The van der Waals surface area contributed by atoms with Crippen LogP contribution in [0.5, 0.6) is 0 Å². The van der Waals surface area contributed by atoms with Gasteiger partial charge in [0.25, 0.3) is 0 Å². The minimum Gasteiger partial charge on any atom is -0.381 e. The fraction of sp³-hybridized carbons (Fsp3) is 0.444. The molecule has 1 amide bonds. The van der Waals surface area contributed by atoms with Crippen molar-refractivity contribution in [3.05, 3.63) is 35.0 Å². The average Bonchev–Trinajstić information content (AvgIpc) is 3.14. The summed E-state index contributed by atoms with van der Waals surface area (Å²) in [5, 5.41) is 3.59. The van der Waals surface area contributed by atoms with E-state index in [0.717, 1.165) is 48.6 Å². The molecule has 2 aliphatic rings. The molecule has 1 spiro atoms. The van der Waals surface area contributed by atoms with Crippen LogP contribution in [-0.2, 0) is 9.53 Å². The molecule has 4 rings (SSSR count). The number of carbonyl (C=O) groups is 1. The third-order valence-electron chi connectivity index (χ3n) is 5.14. The number of aryl methyl sites for hydroxylation is 1. The molecule has 1 saturated heterocycles. The zero-order valence-electron chi connectivity index (χ0n) is 13.5. The molecular weight excluding hydrogens is 327 g/mol. The van der Waals surface area contributed by atoms with E-state index in [-0.39, 0.29) is 23.1 Å². The van der Waals surface area contributed by atoms with Crippen molar-refractivity contribution < 1.29 is 13.9 Å². The molecule has 1 atom stereocenters. The highest BCUT2D eigenvalue weighted by Gasteiger charge is 2.58. The van der Waals surface area contributed by atoms with Crippen molar-refractivity contribution in [1.29, 1.82) is 0 Å². The molecule has 1 aromatic carbocycles. The molecule has 6 heteroatoms. The molecule has 0 bridgehead atoms. The first kappa shape index (κ1) is 15.7. The number of nitrogens with zero attached hydrogens (tertiary/aromatic N) is 1. The Kier molecular flexibility index (Phi) is 3.89. The van der Waals surface area contributed by atoms with Gasteiger partial charge in [-0.1, -0.05) is 0 Å². The zero-order chi connectivity index (χ0) is 16.7. The Balaban J connectivity index is 1.47. The van der Waals surface area contributed by atoms with E-state index in [4.69, 9.17) is 4.74 Å². The fourth-order valence-corrected chi connectivity index (χ4v) is 4.41. The van der Waals surface area contributed by atoms with Crippen LogP contribution in [0, 0.1) is 24.1 Å². The first-order valence-electron chi connectivity index (χ1n) is 8.19. The van der Waals surface area contributed by atoms with Gasteiger partial charge >= 0.3 is 0 Å². The van der Waals surface area contributed by atoms with Crippen LogP contribution in [0.3, 0.4) is 0 Å². The monoisotopic (exact) mass is 346 g/mol. The quantitative estimate of drug-likeness (QED) is 0.913. The number of halogens is 1. The smallest absolute Gasteiger partial charge is 0.229 e. The van der Waals surface area contributed by atoms with Gasteiger partial charge in [-0.25, -0.2) is 9.37 Å². The topological polar surface area (TPSA) is 51.2 Å². The van der Waals surface area contributed by atoms with E-state index in [9.17, 15) is 9.18 Å². The molecule has 0 radical (unpaired) electrons. The summed E-state index contributed by atoms with van der Waals surface area (Å²) in [5.41, 5.74) is 1.82. The Bertz CT molecular complexity index is 766. The molecule has 1 aliphatic carbocycles. The summed E-state index contributed by atoms with van der Waals surface area (Å²) >= 11 is 1.46. The molecule has 0 unspecified atom stereocenters. The van der Waals surface area contributed by atoms with Crippen LogP contribution >= 0.6 is 11.3 Å². The van der Waals surface area contributed by atoms with E-state index >= 15 is 0 Å². The molecule has 1 saturated carbocycles. The Labute approximate surface area is 144 Å². The first-order chi connectivity index (χ1) is 11.6. The standard InChI is InChI=1S/C18H19FN2O2S/c1-11-15(12-2-4-13(19)5-3-12)20-17(24-11)21-16(22)14-10-18(14)6-8-23-9-7-18/h2-5,14H,6-10H2,1H3,(H,20,21,22)/t14-/m1/s1. The summed E-state index contributed by atoms with van der Waals surface area (Å²) in [4.78, 5) is 18.1. The van der Waals surface area contributed by atoms with Crippen LogP contribution in [0.2, 0.25) is 0 Å². The number of ether oxygens (including phenoxy) is 1. The van der Waals surface area contributed by atoms with Crippen molar-refractivity contribution in [2.24, 2.45) is 11.3 Å². The lowest BCUT2D eigenvalue weighted by atomic mass is 9.94. The van der Waals surface area contributed by atoms with Gasteiger partial charge in [0.15, 0.2) is 5.13 Å². The van der Waals surface area contributed by atoms with Crippen LogP contribution in [0.25, 0.3) is 11.3 Å². The number of hydrogen-bond acceptors (Lipinski definition) is 4. The van der Waals surface area contributed by atoms with E-state index in [1.165, 1.54) is 23.5 Å². The second kappa shape index (κ2) is 5.93. The van der Waals surface area contributed by atoms with Gasteiger partial charge in [0.2, 0.25) is 5.91 Å². The highest BCUT2D eigenvalue weighted by molar-refractivity contribution is 7.16. The summed E-state index contributed by atoms with van der Waals surface area (Å²) in [6.07, 6.45) is 2.91. The van der Waals surface area contributed by atoms with Gasteiger partial charge in [0, 0.05) is 29.6 Å². The van der Waals surface area contributed by atoms with Crippen LogP contribution in [-0.4, -0.2) is 24.1 Å². The van der Waals surface area contributed by atoms with E-state index in [2.05, 4.69) is 10.3 Å². The highest BCUT2D eigenvalue weighted by Crippen LogP contribution is 2.59. The lowest BCUT2D eigenvalue weighted by molar-refractivity contribution is -0.118. The van der Waals surface area contributed by atoms with Gasteiger partial charge in [-0.05, 0) is 55.9 Å². The van der Waals surface area contributed by atoms with Crippen molar-refractivity contribution >= 4 is 22.4 Å². The molecule has 126 valence electrons. The van der Waals surface area contributed by atoms with E-state index in [1.807, 2.05) is 6.92 Å². The molecule has 1 N–H and O–H groups in total. The van der Waals surface area contributed by atoms with E-state index in [0.29, 0.717) is 5.13 Å². The third-order valence-corrected chi connectivity index (χ3v) is 6.03. The molecule has 2 fully saturated rings. The maximum atomic E-state index is 13.1. The van der Waals surface area contributed by atoms with Crippen LogP contribution in [0.1, 0.15) is 24.1 Å². The van der Waals surface area contributed by atoms with Crippen LogP contribution in [0.15, 0.2) is 24.3 Å². The number of hydrogen-bond donors (Lipinski definition) is 1. The summed E-state index contributed by atoms with van der Waals surface area (Å²) in [7, 11) is 0. The number of benzene rings is 1. The summed E-state index contributed by atoms with van der Waals surface area (Å²) < 4.78 is 18.5. The van der Waals surface area contributed by atoms with Crippen LogP contribution in [0.4, 0.5) is 9.52 Å². The number of carbonyl (C=O) groups excluding carboxylic acids is 1. The molecule has 4 nitrogen and oxygen atoms in total. The number of rotatable bonds is 3. The fourth-order valence-electron chi connectivity index (χ4n) is 3.57. The lowest BCUT2D eigenvalue weighted by Gasteiger charge is -2.22. The second-order valence-corrected chi connectivity index (χ2v) is 7.85. The minimum atomic E-state index is -0.268. The molecule has 2 heterocycles. The van der Waals surface area contributed by atoms with Gasteiger partial charge in [0.05, 0.1) is 5.69 Å². The van der Waals surface area contributed by atoms with Gasteiger partial charge in [-0.3, -0.25) is 4.79 Å². The van der Waals surface area contributed by atoms with Gasteiger partial charge in [-0.2, -0.15) is 0 Å². The summed E-state index contributed by atoms with van der Waals surface area (Å²) in [5.74, 6) is -0.119. The number of aromatic nitrogens is 1. The van der Waals surface area contributed by atoms with E-state index < -0.39 is 0 Å². The molecular formula is C18H19FN2O2S. The van der Waals surface area contributed by atoms with Crippen molar-refractivity contribution in [2.45, 2.75) is 26.2 Å². The van der Waals surface area contributed by atoms with Gasteiger partial charge < -0.3 is 10.1 Å². The number of nitrogens with one attached hydrogen (secondary N) is 1. The Morgan fingerprint density at radius 3 is 2.75 bits per heavy atom. The number of thiazole rings is 1. The van der Waals surface area contributed by atoms with Crippen molar-refractivity contribution in [3.8, 4) is 11.3 Å². The Morgan fingerprint density at radius 1 is 1.33 bits per heavy atom. The zero-order valence-corrected chi connectivity index (χ0v) is 14.3. The second-order valence-electron chi connectivity index (χ2n) is 6.65. The minimum absolute atomic E-state index is 0.0660. The maximum absolute atomic E-state index is 13.1. The third kappa shape index (κ3) is 2.84. The average molecular weight is 346 g/mol. The highest BCUT2D eigenvalue weighted by atomic mass is 32.1. The molecule has 2 aromatic rings. The van der Waals surface area contributed by atoms with E-state index in [1.54, 1.807) is 12.1 Å². The molecule has 1 aromatic heterocycles. The van der Waals surface area contributed by atoms with Crippen molar-refractivity contribution in [3.63, 3.8) is 0 Å².